The number of quaternary nitrogens is 1. The average Bonchev–Trinajstić information content (AvgIpc) is 2.12. The van der Waals surface area contributed by atoms with E-state index in [0.717, 1.165) is 29.7 Å². The summed E-state index contributed by atoms with van der Waals surface area (Å²) in [6, 6.07) is 0. The van der Waals surface area contributed by atoms with Crippen LogP contribution in [0.15, 0.2) is 0 Å². The first-order valence-corrected chi connectivity index (χ1v) is 6.59. The molecule has 0 radical (unpaired) electrons. The van der Waals surface area contributed by atoms with Gasteiger partial charge >= 0.3 is 0 Å². The van der Waals surface area contributed by atoms with Crippen molar-refractivity contribution in [2.75, 3.05) is 6.54 Å². The highest BCUT2D eigenvalue weighted by atomic mass is 14.6. The maximum Gasteiger partial charge on any atom is 0.0740 e. The van der Waals surface area contributed by atoms with Crippen LogP contribution in [-0.2, 0) is 0 Å². The minimum absolute atomic E-state index is 0.812. The Hall–Kier alpha value is -0.0400. The van der Waals surface area contributed by atoms with Gasteiger partial charge < -0.3 is 5.73 Å². The summed E-state index contributed by atoms with van der Waals surface area (Å²) in [6.07, 6.45) is 12.4. The maximum absolute atomic E-state index is 4.00. The summed E-state index contributed by atoms with van der Waals surface area (Å²) in [6.45, 7) is 1.15. The van der Waals surface area contributed by atoms with Crippen LogP contribution in [0, 0.1) is 23.2 Å². The molecule has 4 bridgehead atoms. The monoisotopic (exact) mass is 194 g/mol. The topological polar surface area (TPSA) is 27.6 Å². The van der Waals surface area contributed by atoms with Gasteiger partial charge in [-0.05, 0) is 74.5 Å². The lowest BCUT2D eigenvalue weighted by Gasteiger charge is -2.57. The van der Waals surface area contributed by atoms with E-state index in [0.29, 0.717) is 0 Å². The van der Waals surface area contributed by atoms with E-state index in [4.69, 9.17) is 0 Å². The first-order valence-electron chi connectivity index (χ1n) is 6.59. The minimum Gasteiger partial charge on any atom is -0.358 e. The van der Waals surface area contributed by atoms with Crippen molar-refractivity contribution in [2.24, 2.45) is 23.2 Å². The Bertz CT molecular complexity index is 186. The largest absolute Gasteiger partial charge is 0.358 e. The maximum atomic E-state index is 4.00. The van der Waals surface area contributed by atoms with Crippen molar-refractivity contribution in [1.82, 2.24) is 0 Å². The molecule has 0 heterocycles. The Labute approximate surface area is 87.4 Å². The molecule has 4 aliphatic carbocycles. The van der Waals surface area contributed by atoms with Crippen LogP contribution < -0.4 is 5.73 Å². The highest BCUT2D eigenvalue weighted by Crippen LogP contribution is 2.61. The molecule has 0 aromatic carbocycles. The summed E-state index contributed by atoms with van der Waals surface area (Å²) in [5.74, 6) is 3.39. The highest BCUT2D eigenvalue weighted by molar-refractivity contribution is 5.01. The van der Waals surface area contributed by atoms with Crippen molar-refractivity contribution in [3.63, 3.8) is 0 Å². The summed E-state index contributed by atoms with van der Waals surface area (Å²) in [4.78, 5) is 0. The van der Waals surface area contributed by atoms with Crippen molar-refractivity contribution >= 4 is 0 Å². The van der Waals surface area contributed by atoms with Crippen molar-refractivity contribution in [2.45, 2.75) is 51.4 Å². The summed E-state index contributed by atoms with van der Waals surface area (Å²) < 4.78 is 0. The molecule has 0 aromatic rings. The zero-order valence-corrected chi connectivity index (χ0v) is 9.30. The van der Waals surface area contributed by atoms with E-state index in [1.807, 2.05) is 0 Å². The Morgan fingerprint density at radius 1 is 0.929 bits per heavy atom. The SMILES string of the molecule is [NH3+]CCCC12CC3CC(CC(C3)C1)C2. The molecule has 0 aromatic heterocycles. The molecule has 4 rings (SSSR count). The second kappa shape index (κ2) is 3.23. The molecule has 0 unspecified atom stereocenters. The number of rotatable bonds is 3. The van der Waals surface area contributed by atoms with Crippen molar-refractivity contribution in [1.29, 1.82) is 0 Å². The van der Waals surface area contributed by atoms with Gasteiger partial charge in [-0.2, -0.15) is 0 Å². The van der Waals surface area contributed by atoms with E-state index in [9.17, 15) is 0 Å². The van der Waals surface area contributed by atoms with E-state index in [1.54, 1.807) is 38.5 Å². The molecular formula is C13H24N+. The standard InChI is InChI=1S/C13H23N/c14-3-1-2-13-7-10-4-11(8-13)6-12(5-10)9-13/h10-12H,1-9,14H2/p+1. The van der Waals surface area contributed by atoms with Gasteiger partial charge in [0.05, 0.1) is 6.54 Å². The van der Waals surface area contributed by atoms with E-state index in [2.05, 4.69) is 5.73 Å². The van der Waals surface area contributed by atoms with Crippen LogP contribution in [0.4, 0.5) is 0 Å². The Balaban J connectivity index is 1.74. The van der Waals surface area contributed by atoms with Gasteiger partial charge in [-0.25, -0.2) is 0 Å². The van der Waals surface area contributed by atoms with Crippen LogP contribution in [0.2, 0.25) is 0 Å². The zero-order chi connectivity index (χ0) is 9.60. The Morgan fingerprint density at radius 2 is 1.43 bits per heavy atom. The molecule has 14 heavy (non-hydrogen) atoms. The van der Waals surface area contributed by atoms with Gasteiger partial charge in [0.15, 0.2) is 0 Å². The third-order valence-electron chi connectivity index (χ3n) is 5.12. The summed E-state index contributed by atoms with van der Waals surface area (Å²) in [5, 5.41) is 0. The quantitative estimate of drug-likeness (QED) is 0.713. The molecule has 0 spiro atoms. The number of hydrogen-bond donors (Lipinski definition) is 1. The van der Waals surface area contributed by atoms with Gasteiger partial charge in [0, 0.05) is 0 Å². The highest BCUT2D eigenvalue weighted by Gasteiger charge is 2.50. The van der Waals surface area contributed by atoms with Crippen molar-refractivity contribution in [3.8, 4) is 0 Å². The second-order valence-electron chi connectivity index (χ2n) is 6.37. The fraction of sp³-hybridized carbons (Fsp3) is 1.00. The van der Waals surface area contributed by atoms with E-state index in [1.165, 1.54) is 12.8 Å². The van der Waals surface area contributed by atoms with Crippen LogP contribution in [0.3, 0.4) is 0 Å². The van der Waals surface area contributed by atoms with Gasteiger partial charge in [-0.15, -0.1) is 0 Å². The first-order chi connectivity index (χ1) is 6.80. The molecule has 4 fully saturated rings. The van der Waals surface area contributed by atoms with Crippen LogP contribution >= 0.6 is 0 Å². The van der Waals surface area contributed by atoms with Crippen LogP contribution in [-0.4, -0.2) is 6.54 Å². The van der Waals surface area contributed by atoms with Crippen LogP contribution in [0.5, 0.6) is 0 Å². The molecule has 4 saturated carbocycles. The number of hydrogen-bond acceptors (Lipinski definition) is 0. The molecule has 4 aliphatic rings. The van der Waals surface area contributed by atoms with E-state index in [-0.39, 0.29) is 0 Å². The first kappa shape index (κ1) is 9.21. The predicted molar refractivity (Wildman–Crippen MR) is 57.6 cm³/mol. The minimum atomic E-state index is 0.812. The molecule has 1 heteroatoms. The summed E-state index contributed by atoms with van der Waals surface area (Å²) in [5.41, 5.74) is 4.81. The second-order valence-corrected chi connectivity index (χ2v) is 6.37. The lowest BCUT2D eigenvalue weighted by molar-refractivity contribution is -0.369. The van der Waals surface area contributed by atoms with Crippen LogP contribution in [0.1, 0.15) is 51.4 Å². The fourth-order valence-electron chi connectivity index (χ4n) is 5.10. The Kier molecular flexibility index (Phi) is 2.12. The van der Waals surface area contributed by atoms with Gasteiger partial charge in [-0.3, -0.25) is 0 Å². The van der Waals surface area contributed by atoms with E-state index >= 15 is 0 Å². The third kappa shape index (κ3) is 1.41. The molecule has 0 amide bonds. The van der Waals surface area contributed by atoms with E-state index < -0.39 is 0 Å². The normalized spacial score (nSPS) is 49.9. The van der Waals surface area contributed by atoms with Gasteiger partial charge in [0.25, 0.3) is 0 Å². The molecular weight excluding hydrogens is 170 g/mol. The lowest BCUT2D eigenvalue weighted by atomic mass is 9.48. The fourth-order valence-corrected chi connectivity index (χ4v) is 5.10. The molecule has 1 nitrogen and oxygen atoms in total. The third-order valence-corrected chi connectivity index (χ3v) is 5.12. The molecule has 0 saturated heterocycles. The molecule has 3 N–H and O–H groups in total. The summed E-state index contributed by atoms with van der Waals surface area (Å²) >= 11 is 0. The summed E-state index contributed by atoms with van der Waals surface area (Å²) in [7, 11) is 0. The average molecular weight is 194 g/mol. The van der Waals surface area contributed by atoms with Crippen molar-refractivity contribution < 1.29 is 5.73 Å². The van der Waals surface area contributed by atoms with Gasteiger partial charge in [0.2, 0.25) is 0 Å². The Morgan fingerprint density at radius 3 is 1.86 bits per heavy atom. The van der Waals surface area contributed by atoms with Gasteiger partial charge in [0.1, 0.15) is 0 Å². The smallest absolute Gasteiger partial charge is 0.0740 e. The van der Waals surface area contributed by atoms with Crippen LogP contribution in [0.25, 0.3) is 0 Å². The lowest BCUT2D eigenvalue weighted by Crippen LogP contribution is -2.51. The van der Waals surface area contributed by atoms with Crippen molar-refractivity contribution in [3.05, 3.63) is 0 Å². The molecule has 0 aliphatic heterocycles. The molecule has 80 valence electrons. The van der Waals surface area contributed by atoms with Gasteiger partial charge in [-0.1, -0.05) is 0 Å². The molecule has 0 atom stereocenters. The zero-order valence-electron chi connectivity index (χ0n) is 9.30. The predicted octanol–water partition coefficient (Wildman–Crippen LogP) is 2.22.